The monoisotopic (exact) mass is 299 g/mol. The van der Waals surface area contributed by atoms with Gasteiger partial charge in [-0.1, -0.05) is 12.1 Å². The molecule has 0 N–H and O–H groups in total. The van der Waals surface area contributed by atoms with E-state index in [0.29, 0.717) is 6.54 Å². The van der Waals surface area contributed by atoms with Crippen molar-refractivity contribution in [2.75, 3.05) is 0 Å². The maximum atomic E-state index is 12.3. The van der Waals surface area contributed by atoms with Crippen LogP contribution in [0.25, 0.3) is 10.8 Å². The molecule has 1 saturated heterocycles. The van der Waals surface area contributed by atoms with Gasteiger partial charge in [0.1, 0.15) is 0 Å². The summed E-state index contributed by atoms with van der Waals surface area (Å²) < 4.78 is 13.8. The van der Waals surface area contributed by atoms with Crippen LogP contribution >= 0.6 is 0 Å². The first-order valence-electron chi connectivity index (χ1n) is 7.74. The summed E-state index contributed by atoms with van der Waals surface area (Å²) in [7, 11) is -0.400. The topological polar surface area (TPSA) is 40.5 Å². The molecule has 1 aromatic heterocycles. The van der Waals surface area contributed by atoms with Crippen molar-refractivity contribution in [2.45, 2.75) is 52.4 Å². The second-order valence-corrected chi connectivity index (χ2v) is 6.84. The van der Waals surface area contributed by atoms with E-state index in [9.17, 15) is 4.79 Å². The Bertz CT molecular complexity index is 763. The average Bonchev–Trinajstić information content (AvgIpc) is 2.67. The van der Waals surface area contributed by atoms with Crippen LogP contribution in [0.15, 0.2) is 35.3 Å². The summed E-state index contributed by atoms with van der Waals surface area (Å²) >= 11 is 0. The molecule has 0 saturated carbocycles. The van der Waals surface area contributed by atoms with Gasteiger partial charge in [-0.3, -0.25) is 4.79 Å². The van der Waals surface area contributed by atoms with E-state index in [1.54, 1.807) is 4.57 Å². The van der Waals surface area contributed by atoms with Crippen LogP contribution < -0.4 is 11.0 Å². The summed E-state index contributed by atoms with van der Waals surface area (Å²) in [6.07, 6.45) is 1.83. The summed E-state index contributed by atoms with van der Waals surface area (Å²) in [6.45, 7) is 10.8. The lowest BCUT2D eigenvalue weighted by molar-refractivity contribution is 0.00578. The number of rotatable bonds is 2. The van der Waals surface area contributed by atoms with Gasteiger partial charge in [-0.2, -0.15) is 0 Å². The van der Waals surface area contributed by atoms with Crippen molar-refractivity contribution in [2.24, 2.45) is 0 Å². The van der Waals surface area contributed by atoms with E-state index in [0.717, 1.165) is 16.2 Å². The zero-order valence-corrected chi connectivity index (χ0v) is 13.8. The lowest BCUT2D eigenvalue weighted by atomic mass is 9.78. The van der Waals surface area contributed by atoms with E-state index in [2.05, 4.69) is 0 Å². The minimum Gasteiger partial charge on any atom is -0.399 e. The zero-order chi connectivity index (χ0) is 16.1. The van der Waals surface area contributed by atoms with E-state index in [4.69, 9.17) is 9.31 Å². The molecular weight excluding hydrogens is 277 g/mol. The number of benzene rings is 1. The first kappa shape index (κ1) is 15.3. The van der Waals surface area contributed by atoms with Crippen LogP contribution in [0.4, 0.5) is 0 Å². The highest BCUT2D eigenvalue weighted by molar-refractivity contribution is 6.62. The fourth-order valence-electron chi connectivity index (χ4n) is 2.68. The van der Waals surface area contributed by atoms with Gasteiger partial charge in [0.2, 0.25) is 0 Å². The van der Waals surface area contributed by atoms with Crippen LogP contribution in [0.1, 0.15) is 34.6 Å². The van der Waals surface area contributed by atoms with Crippen molar-refractivity contribution in [1.82, 2.24) is 4.57 Å². The molecule has 0 amide bonds. The van der Waals surface area contributed by atoms with Crippen molar-refractivity contribution in [3.63, 3.8) is 0 Å². The Morgan fingerprint density at radius 2 is 1.73 bits per heavy atom. The molecule has 4 nitrogen and oxygen atoms in total. The standard InChI is InChI=1S/C17H22BNO3/c1-6-19-10-9-12-11-13(7-8-14(12)15(19)20)18-21-16(2,3)17(4,5)22-18/h7-11H,6H2,1-5H3. The molecule has 116 valence electrons. The SMILES string of the molecule is CCn1ccc2cc(B3OC(C)(C)C(C)(C)O3)ccc2c1=O. The van der Waals surface area contributed by atoms with E-state index >= 15 is 0 Å². The summed E-state index contributed by atoms with van der Waals surface area (Å²) in [4.78, 5) is 12.3. The maximum absolute atomic E-state index is 12.3. The third-order valence-corrected chi connectivity index (χ3v) is 4.87. The second-order valence-electron chi connectivity index (χ2n) is 6.84. The third kappa shape index (κ3) is 2.29. The predicted molar refractivity (Wildman–Crippen MR) is 89.6 cm³/mol. The molecule has 0 bridgehead atoms. The summed E-state index contributed by atoms with van der Waals surface area (Å²) in [5.41, 5.74) is 0.261. The lowest BCUT2D eigenvalue weighted by Gasteiger charge is -2.32. The maximum Gasteiger partial charge on any atom is 0.494 e. The van der Waals surface area contributed by atoms with Crippen molar-refractivity contribution < 1.29 is 9.31 Å². The zero-order valence-electron chi connectivity index (χ0n) is 13.8. The van der Waals surface area contributed by atoms with Gasteiger partial charge in [-0.15, -0.1) is 0 Å². The Morgan fingerprint density at radius 3 is 2.32 bits per heavy atom. The number of aromatic nitrogens is 1. The molecule has 22 heavy (non-hydrogen) atoms. The highest BCUT2D eigenvalue weighted by Gasteiger charge is 2.51. The summed E-state index contributed by atoms with van der Waals surface area (Å²) in [5, 5.41) is 1.64. The van der Waals surface area contributed by atoms with Crippen molar-refractivity contribution in [3.8, 4) is 0 Å². The van der Waals surface area contributed by atoms with Crippen LogP contribution in [0.2, 0.25) is 0 Å². The number of pyridine rings is 1. The minimum atomic E-state index is -0.400. The number of nitrogens with zero attached hydrogens (tertiary/aromatic N) is 1. The highest BCUT2D eigenvalue weighted by Crippen LogP contribution is 2.36. The Morgan fingerprint density at radius 1 is 1.09 bits per heavy atom. The first-order chi connectivity index (χ1) is 10.2. The molecule has 2 heterocycles. The van der Waals surface area contributed by atoms with Gasteiger partial charge in [0, 0.05) is 18.1 Å². The summed E-state index contributed by atoms with van der Waals surface area (Å²) in [6, 6.07) is 7.74. The summed E-state index contributed by atoms with van der Waals surface area (Å²) in [5.74, 6) is 0. The molecule has 1 fully saturated rings. The van der Waals surface area contributed by atoms with Crippen LogP contribution in [-0.4, -0.2) is 22.9 Å². The molecule has 0 aliphatic carbocycles. The van der Waals surface area contributed by atoms with Crippen LogP contribution in [0.3, 0.4) is 0 Å². The van der Waals surface area contributed by atoms with Gasteiger partial charge >= 0.3 is 7.12 Å². The minimum absolute atomic E-state index is 0.0421. The number of hydrogen-bond donors (Lipinski definition) is 0. The van der Waals surface area contributed by atoms with Gasteiger partial charge in [0.15, 0.2) is 0 Å². The molecule has 1 aliphatic rings. The Labute approximate surface area is 131 Å². The molecular formula is C17H22BNO3. The van der Waals surface area contributed by atoms with E-state index in [1.807, 2.05) is 65.1 Å². The van der Waals surface area contributed by atoms with Crippen molar-refractivity contribution in [1.29, 1.82) is 0 Å². The smallest absolute Gasteiger partial charge is 0.399 e. The molecule has 0 radical (unpaired) electrons. The van der Waals surface area contributed by atoms with Crippen LogP contribution in [-0.2, 0) is 15.9 Å². The predicted octanol–water partition coefficient (Wildman–Crippen LogP) is 2.32. The molecule has 1 aromatic carbocycles. The van der Waals surface area contributed by atoms with Gasteiger partial charge in [0.25, 0.3) is 5.56 Å². The quantitative estimate of drug-likeness (QED) is 0.799. The van der Waals surface area contributed by atoms with Crippen LogP contribution in [0, 0.1) is 0 Å². The highest BCUT2D eigenvalue weighted by atomic mass is 16.7. The largest absolute Gasteiger partial charge is 0.494 e. The Kier molecular flexibility index (Phi) is 3.46. The Hall–Kier alpha value is -1.59. The Balaban J connectivity index is 2.03. The molecule has 5 heteroatoms. The lowest BCUT2D eigenvalue weighted by Crippen LogP contribution is -2.41. The number of fused-ring (bicyclic) bond motifs is 1. The third-order valence-electron chi connectivity index (χ3n) is 4.87. The fraction of sp³-hybridized carbons (Fsp3) is 0.471. The molecule has 0 spiro atoms. The van der Waals surface area contributed by atoms with Gasteiger partial charge in [-0.05, 0) is 57.6 Å². The molecule has 0 atom stereocenters. The van der Waals surface area contributed by atoms with Crippen molar-refractivity contribution >= 4 is 23.4 Å². The van der Waals surface area contributed by atoms with Gasteiger partial charge in [0.05, 0.1) is 11.2 Å². The van der Waals surface area contributed by atoms with Crippen molar-refractivity contribution in [3.05, 3.63) is 40.8 Å². The number of aryl methyl sites for hydroxylation is 1. The molecule has 2 aromatic rings. The number of hydrogen-bond acceptors (Lipinski definition) is 3. The fourth-order valence-corrected chi connectivity index (χ4v) is 2.68. The average molecular weight is 299 g/mol. The molecule has 1 aliphatic heterocycles. The normalized spacial score (nSPS) is 19.8. The van der Waals surface area contributed by atoms with E-state index in [1.165, 1.54) is 0 Å². The van der Waals surface area contributed by atoms with Crippen LogP contribution in [0.5, 0.6) is 0 Å². The van der Waals surface area contributed by atoms with Gasteiger partial charge < -0.3 is 13.9 Å². The van der Waals surface area contributed by atoms with Gasteiger partial charge in [-0.25, -0.2) is 0 Å². The van der Waals surface area contributed by atoms with E-state index in [-0.39, 0.29) is 16.8 Å². The molecule has 0 unspecified atom stereocenters. The first-order valence-corrected chi connectivity index (χ1v) is 7.74. The molecule has 3 rings (SSSR count). The van der Waals surface area contributed by atoms with E-state index < -0.39 is 7.12 Å². The second kappa shape index (κ2) is 4.96.